The SMILES string of the molecule is CCOC(=O)c1cc(-c2c(F)cnc(OC)c2C)n(C2CCCCO2)n1. The number of halogens is 1. The molecule has 26 heavy (non-hydrogen) atoms. The normalized spacial score (nSPS) is 17.2. The summed E-state index contributed by atoms with van der Waals surface area (Å²) in [5, 5.41) is 4.36. The van der Waals surface area contributed by atoms with E-state index in [-0.39, 0.29) is 24.1 Å². The molecule has 2 aromatic rings. The lowest BCUT2D eigenvalue weighted by Gasteiger charge is -2.25. The molecule has 140 valence electrons. The number of aromatic nitrogens is 3. The molecule has 0 aromatic carbocycles. The highest BCUT2D eigenvalue weighted by molar-refractivity contribution is 5.89. The lowest BCUT2D eigenvalue weighted by molar-refractivity contribution is -0.0386. The van der Waals surface area contributed by atoms with Gasteiger partial charge in [-0.25, -0.2) is 18.9 Å². The molecular weight excluding hydrogens is 341 g/mol. The molecular formula is C18H22FN3O4. The Hall–Kier alpha value is -2.48. The quantitative estimate of drug-likeness (QED) is 0.759. The van der Waals surface area contributed by atoms with Crippen LogP contribution in [-0.4, -0.2) is 41.1 Å². The molecule has 1 fully saturated rings. The van der Waals surface area contributed by atoms with Crippen LogP contribution in [0.15, 0.2) is 12.3 Å². The second-order valence-corrected chi connectivity index (χ2v) is 6.02. The van der Waals surface area contributed by atoms with Crippen molar-refractivity contribution in [2.75, 3.05) is 20.3 Å². The molecule has 1 unspecified atom stereocenters. The highest BCUT2D eigenvalue weighted by Gasteiger charge is 2.27. The van der Waals surface area contributed by atoms with Gasteiger partial charge in [-0.2, -0.15) is 5.10 Å². The molecule has 1 aliphatic heterocycles. The fraction of sp³-hybridized carbons (Fsp3) is 0.500. The minimum absolute atomic E-state index is 0.116. The average Bonchev–Trinajstić information content (AvgIpc) is 3.08. The van der Waals surface area contributed by atoms with Crippen LogP contribution < -0.4 is 4.74 Å². The van der Waals surface area contributed by atoms with Gasteiger partial charge in [0.15, 0.2) is 17.7 Å². The van der Waals surface area contributed by atoms with Crippen LogP contribution in [0.3, 0.4) is 0 Å². The lowest BCUT2D eigenvalue weighted by Crippen LogP contribution is -2.21. The van der Waals surface area contributed by atoms with Gasteiger partial charge < -0.3 is 14.2 Å². The fourth-order valence-electron chi connectivity index (χ4n) is 3.11. The van der Waals surface area contributed by atoms with Crippen molar-refractivity contribution in [2.24, 2.45) is 0 Å². The van der Waals surface area contributed by atoms with Crippen molar-refractivity contribution in [1.29, 1.82) is 0 Å². The Morgan fingerprint density at radius 3 is 2.92 bits per heavy atom. The minimum atomic E-state index is -0.553. The molecule has 8 heteroatoms. The third-order valence-electron chi connectivity index (χ3n) is 4.33. The van der Waals surface area contributed by atoms with Crippen LogP contribution in [-0.2, 0) is 9.47 Å². The highest BCUT2D eigenvalue weighted by Crippen LogP contribution is 2.35. The molecule has 0 radical (unpaired) electrons. The highest BCUT2D eigenvalue weighted by atomic mass is 19.1. The number of esters is 1. The first-order valence-electron chi connectivity index (χ1n) is 8.64. The molecule has 0 bridgehead atoms. The van der Waals surface area contributed by atoms with Crippen LogP contribution >= 0.6 is 0 Å². The monoisotopic (exact) mass is 363 g/mol. The predicted molar refractivity (Wildman–Crippen MR) is 91.5 cm³/mol. The summed E-state index contributed by atoms with van der Waals surface area (Å²) in [4.78, 5) is 16.1. The third kappa shape index (κ3) is 3.41. The van der Waals surface area contributed by atoms with Gasteiger partial charge in [0.1, 0.15) is 0 Å². The molecule has 7 nitrogen and oxygen atoms in total. The van der Waals surface area contributed by atoms with E-state index in [0.29, 0.717) is 23.7 Å². The molecule has 0 spiro atoms. The van der Waals surface area contributed by atoms with Crippen LogP contribution in [0.2, 0.25) is 0 Å². The number of methoxy groups -OCH3 is 1. The summed E-state index contributed by atoms with van der Waals surface area (Å²) in [6.45, 7) is 4.27. The molecule has 1 aliphatic rings. The van der Waals surface area contributed by atoms with Gasteiger partial charge in [0.05, 0.1) is 25.6 Å². The van der Waals surface area contributed by atoms with E-state index in [0.717, 1.165) is 25.5 Å². The maximum absolute atomic E-state index is 14.6. The summed E-state index contributed by atoms with van der Waals surface area (Å²) < 4.78 is 32.3. The molecule has 0 saturated carbocycles. The van der Waals surface area contributed by atoms with E-state index >= 15 is 0 Å². The molecule has 1 saturated heterocycles. The van der Waals surface area contributed by atoms with Crippen LogP contribution in [0.25, 0.3) is 11.3 Å². The summed E-state index contributed by atoms with van der Waals surface area (Å²) in [5.41, 5.74) is 1.37. The Balaban J connectivity index is 2.14. The molecule has 3 rings (SSSR count). The van der Waals surface area contributed by atoms with Gasteiger partial charge in [0.25, 0.3) is 0 Å². The molecule has 0 aliphatic carbocycles. The Kier molecular flexibility index (Phi) is 5.51. The van der Waals surface area contributed by atoms with Gasteiger partial charge in [-0.05, 0) is 39.2 Å². The van der Waals surface area contributed by atoms with Crippen molar-refractivity contribution in [2.45, 2.75) is 39.3 Å². The van der Waals surface area contributed by atoms with Gasteiger partial charge in [-0.1, -0.05) is 0 Å². The number of rotatable bonds is 5. The first kappa shape index (κ1) is 18.3. The zero-order valence-electron chi connectivity index (χ0n) is 15.1. The second kappa shape index (κ2) is 7.82. The average molecular weight is 363 g/mol. The zero-order valence-corrected chi connectivity index (χ0v) is 15.1. The Labute approximate surface area is 151 Å². The zero-order chi connectivity index (χ0) is 18.7. The standard InChI is InChI=1S/C18H22FN3O4/c1-4-25-18(23)13-9-14(22(21-13)15-7-5-6-8-26-15)16-11(2)17(24-3)20-10-12(16)19/h9-10,15H,4-8H2,1-3H3. The molecule has 2 aromatic heterocycles. The van der Waals surface area contributed by atoms with Crippen LogP contribution in [0.1, 0.15) is 48.5 Å². The van der Waals surface area contributed by atoms with Crippen LogP contribution in [0, 0.1) is 12.7 Å². The van der Waals surface area contributed by atoms with Crippen molar-refractivity contribution in [3.8, 4) is 17.1 Å². The largest absolute Gasteiger partial charge is 0.481 e. The summed E-state index contributed by atoms with van der Waals surface area (Å²) in [7, 11) is 1.47. The Morgan fingerprint density at radius 1 is 1.46 bits per heavy atom. The summed E-state index contributed by atoms with van der Waals surface area (Å²) in [6.07, 6.45) is 3.41. The number of hydrogen-bond acceptors (Lipinski definition) is 6. The van der Waals surface area contributed by atoms with Crippen molar-refractivity contribution in [3.05, 3.63) is 29.3 Å². The Bertz CT molecular complexity index is 800. The molecule has 0 amide bonds. The van der Waals surface area contributed by atoms with E-state index in [2.05, 4.69) is 10.1 Å². The van der Waals surface area contributed by atoms with Gasteiger partial charge in [-0.3, -0.25) is 0 Å². The van der Waals surface area contributed by atoms with Gasteiger partial charge in [0, 0.05) is 17.7 Å². The van der Waals surface area contributed by atoms with Crippen molar-refractivity contribution >= 4 is 5.97 Å². The van der Waals surface area contributed by atoms with Crippen LogP contribution in [0.4, 0.5) is 4.39 Å². The maximum atomic E-state index is 14.6. The van der Waals surface area contributed by atoms with E-state index in [9.17, 15) is 9.18 Å². The summed E-state index contributed by atoms with van der Waals surface area (Å²) >= 11 is 0. The van der Waals surface area contributed by atoms with Gasteiger partial charge in [-0.15, -0.1) is 0 Å². The minimum Gasteiger partial charge on any atom is -0.481 e. The predicted octanol–water partition coefficient (Wildman–Crippen LogP) is 3.28. The van der Waals surface area contributed by atoms with Crippen LogP contribution in [0.5, 0.6) is 5.88 Å². The Morgan fingerprint density at radius 2 is 2.27 bits per heavy atom. The summed E-state index contributed by atoms with van der Waals surface area (Å²) in [6, 6.07) is 1.53. The molecule has 3 heterocycles. The summed E-state index contributed by atoms with van der Waals surface area (Å²) in [5.74, 6) is -0.755. The molecule has 0 N–H and O–H groups in total. The first-order chi connectivity index (χ1) is 12.6. The lowest BCUT2D eigenvalue weighted by atomic mass is 10.1. The number of pyridine rings is 1. The maximum Gasteiger partial charge on any atom is 0.358 e. The van der Waals surface area contributed by atoms with Gasteiger partial charge in [0.2, 0.25) is 5.88 Å². The van der Waals surface area contributed by atoms with E-state index in [4.69, 9.17) is 14.2 Å². The third-order valence-corrected chi connectivity index (χ3v) is 4.33. The first-order valence-corrected chi connectivity index (χ1v) is 8.64. The van der Waals surface area contributed by atoms with E-state index in [1.54, 1.807) is 18.5 Å². The van der Waals surface area contributed by atoms with Gasteiger partial charge >= 0.3 is 5.97 Å². The number of hydrogen-bond donors (Lipinski definition) is 0. The fourth-order valence-corrected chi connectivity index (χ4v) is 3.11. The second-order valence-electron chi connectivity index (χ2n) is 6.02. The number of ether oxygens (including phenoxy) is 3. The van der Waals surface area contributed by atoms with Crippen molar-refractivity contribution < 1.29 is 23.4 Å². The van der Waals surface area contributed by atoms with Crippen molar-refractivity contribution in [3.63, 3.8) is 0 Å². The van der Waals surface area contributed by atoms with Crippen molar-refractivity contribution in [1.82, 2.24) is 14.8 Å². The topological polar surface area (TPSA) is 75.5 Å². The number of carbonyl (C=O) groups excluding carboxylic acids is 1. The number of nitrogens with zero attached hydrogens (tertiary/aromatic N) is 3. The van der Waals surface area contributed by atoms with E-state index < -0.39 is 11.8 Å². The number of carbonyl (C=O) groups is 1. The van der Waals surface area contributed by atoms with E-state index in [1.807, 2.05) is 0 Å². The van der Waals surface area contributed by atoms with E-state index in [1.165, 1.54) is 13.2 Å². The molecule has 1 atom stereocenters. The smallest absolute Gasteiger partial charge is 0.358 e.